The molecule has 39 heavy (non-hydrogen) atoms. The van der Waals surface area contributed by atoms with Gasteiger partial charge in [0.15, 0.2) is 5.11 Å². The van der Waals surface area contributed by atoms with Gasteiger partial charge in [0, 0.05) is 44.1 Å². The van der Waals surface area contributed by atoms with E-state index in [1.165, 1.54) is 0 Å². The molecule has 206 valence electrons. The number of imidazole rings is 1. The molecule has 0 bridgehead atoms. The number of benzene rings is 2. The third-order valence-electron chi connectivity index (χ3n) is 6.15. The SMILES string of the molecule is CCNC(=S)N(Cc1cccc(Cl)c1Cl)CC(CC(C)C)NC(=O)Cc1cncn1Cc1ccc(C#N)cc1. The summed E-state index contributed by atoms with van der Waals surface area (Å²) in [5.41, 5.74) is 3.32. The molecule has 0 aliphatic rings. The van der Waals surface area contributed by atoms with Crippen molar-refractivity contribution in [1.82, 2.24) is 25.1 Å². The Balaban J connectivity index is 1.72. The molecular weight excluding hydrogens is 551 g/mol. The minimum absolute atomic E-state index is 0.0858. The summed E-state index contributed by atoms with van der Waals surface area (Å²) >= 11 is 18.4. The van der Waals surface area contributed by atoms with Crippen molar-refractivity contribution in [3.63, 3.8) is 0 Å². The zero-order valence-electron chi connectivity index (χ0n) is 22.5. The van der Waals surface area contributed by atoms with Crippen molar-refractivity contribution in [2.24, 2.45) is 5.92 Å². The van der Waals surface area contributed by atoms with Crippen molar-refractivity contribution < 1.29 is 4.79 Å². The fraction of sp³-hybridized carbons (Fsp3) is 0.379. The molecule has 7 nitrogen and oxygen atoms in total. The second-order valence-electron chi connectivity index (χ2n) is 9.82. The molecule has 1 amide bonds. The summed E-state index contributed by atoms with van der Waals surface area (Å²) in [5, 5.41) is 17.1. The maximum absolute atomic E-state index is 13.2. The summed E-state index contributed by atoms with van der Waals surface area (Å²) in [6.07, 6.45) is 4.42. The Morgan fingerprint density at radius 1 is 1.21 bits per heavy atom. The Labute approximate surface area is 246 Å². The second kappa shape index (κ2) is 14.9. The van der Waals surface area contributed by atoms with Gasteiger partial charge in [0.05, 0.1) is 34.4 Å². The summed E-state index contributed by atoms with van der Waals surface area (Å²) in [7, 11) is 0. The minimum atomic E-state index is -0.137. The van der Waals surface area contributed by atoms with Crippen LogP contribution in [0.15, 0.2) is 55.0 Å². The predicted octanol–water partition coefficient (Wildman–Crippen LogP) is 5.58. The lowest BCUT2D eigenvalue weighted by Crippen LogP contribution is -2.49. The molecule has 10 heteroatoms. The lowest BCUT2D eigenvalue weighted by molar-refractivity contribution is -0.121. The van der Waals surface area contributed by atoms with Gasteiger partial charge in [-0.05, 0) is 60.8 Å². The molecule has 0 spiro atoms. The van der Waals surface area contributed by atoms with Crippen LogP contribution in [-0.2, 0) is 24.3 Å². The number of halogens is 2. The van der Waals surface area contributed by atoms with Crippen molar-refractivity contribution >= 4 is 46.4 Å². The number of hydrogen-bond donors (Lipinski definition) is 2. The Morgan fingerprint density at radius 3 is 2.62 bits per heavy atom. The normalized spacial score (nSPS) is 11.6. The Morgan fingerprint density at radius 2 is 1.95 bits per heavy atom. The summed E-state index contributed by atoms with van der Waals surface area (Å²) in [4.78, 5) is 19.5. The average molecular weight is 586 g/mol. The Hall–Kier alpha value is -3.12. The van der Waals surface area contributed by atoms with Crippen LogP contribution >= 0.6 is 35.4 Å². The number of amides is 1. The summed E-state index contributed by atoms with van der Waals surface area (Å²) < 4.78 is 1.95. The first kappa shape index (κ1) is 30.4. The zero-order valence-corrected chi connectivity index (χ0v) is 24.8. The first-order chi connectivity index (χ1) is 18.7. The van der Waals surface area contributed by atoms with E-state index in [1.807, 2.05) is 40.7 Å². The highest BCUT2D eigenvalue weighted by atomic mass is 35.5. The maximum Gasteiger partial charge on any atom is 0.226 e. The number of nitrogens with zero attached hydrogens (tertiary/aromatic N) is 4. The van der Waals surface area contributed by atoms with Crippen LogP contribution in [0.4, 0.5) is 0 Å². The molecule has 0 aliphatic carbocycles. The van der Waals surface area contributed by atoms with E-state index in [-0.39, 0.29) is 18.4 Å². The highest BCUT2D eigenvalue weighted by Gasteiger charge is 2.22. The molecule has 2 N–H and O–H groups in total. The van der Waals surface area contributed by atoms with Gasteiger partial charge >= 0.3 is 0 Å². The molecule has 2 aromatic carbocycles. The molecule has 0 fully saturated rings. The first-order valence-corrected chi connectivity index (χ1v) is 14.1. The minimum Gasteiger partial charge on any atom is -0.363 e. The molecule has 1 atom stereocenters. The van der Waals surface area contributed by atoms with E-state index >= 15 is 0 Å². The van der Waals surface area contributed by atoms with Gasteiger partial charge in [0.1, 0.15) is 0 Å². The van der Waals surface area contributed by atoms with Crippen LogP contribution in [0.1, 0.15) is 49.6 Å². The van der Waals surface area contributed by atoms with E-state index in [9.17, 15) is 4.79 Å². The molecule has 0 saturated heterocycles. The number of aromatic nitrogens is 2. The predicted molar refractivity (Wildman–Crippen MR) is 161 cm³/mol. The summed E-state index contributed by atoms with van der Waals surface area (Å²) in [5.74, 6) is 0.277. The zero-order chi connectivity index (χ0) is 28.4. The van der Waals surface area contributed by atoms with Crippen LogP contribution in [-0.4, -0.2) is 44.6 Å². The number of nitriles is 1. The molecule has 0 radical (unpaired) electrons. The number of carbonyl (C=O) groups is 1. The Kier molecular flexibility index (Phi) is 11.6. The van der Waals surface area contributed by atoms with Crippen molar-refractivity contribution in [3.8, 4) is 6.07 Å². The molecule has 1 unspecified atom stereocenters. The van der Waals surface area contributed by atoms with Crippen LogP contribution < -0.4 is 10.6 Å². The van der Waals surface area contributed by atoms with E-state index < -0.39 is 0 Å². The highest BCUT2D eigenvalue weighted by molar-refractivity contribution is 7.80. The standard InChI is InChI=1S/C29H34Cl2N6OS/c1-4-34-29(39)36(17-23-6-5-7-26(30)28(23)31)18-24(12-20(2)3)35-27(38)13-25-15-33-19-37(25)16-22-10-8-21(14-32)9-11-22/h5-11,15,19-20,24H,4,12-13,16-18H2,1-3H3,(H,34,39)(H,35,38). The van der Waals surface area contributed by atoms with Gasteiger partial charge < -0.3 is 20.1 Å². The van der Waals surface area contributed by atoms with Gasteiger partial charge in [0.2, 0.25) is 5.91 Å². The molecular formula is C29H34Cl2N6OS. The van der Waals surface area contributed by atoms with Crippen LogP contribution in [0, 0.1) is 17.2 Å². The number of carbonyl (C=O) groups excluding carboxylic acids is 1. The van der Waals surface area contributed by atoms with Crippen LogP contribution in [0.25, 0.3) is 0 Å². The monoisotopic (exact) mass is 584 g/mol. The van der Waals surface area contributed by atoms with Crippen molar-refractivity contribution in [1.29, 1.82) is 5.26 Å². The van der Waals surface area contributed by atoms with Gasteiger partial charge in [-0.25, -0.2) is 4.98 Å². The van der Waals surface area contributed by atoms with E-state index in [0.29, 0.717) is 52.8 Å². The molecule has 1 heterocycles. The fourth-order valence-corrected chi connectivity index (χ4v) is 5.00. The van der Waals surface area contributed by atoms with Gasteiger partial charge in [-0.1, -0.05) is 61.3 Å². The molecule has 3 aromatic rings. The van der Waals surface area contributed by atoms with Gasteiger partial charge in [-0.15, -0.1) is 0 Å². The van der Waals surface area contributed by atoms with Crippen LogP contribution in [0.3, 0.4) is 0 Å². The van der Waals surface area contributed by atoms with E-state index in [1.54, 1.807) is 30.7 Å². The lowest BCUT2D eigenvalue weighted by atomic mass is 10.0. The number of hydrogen-bond acceptors (Lipinski definition) is 4. The van der Waals surface area contributed by atoms with Gasteiger partial charge in [-0.3, -0.25) is 4.79 Å². The number of thiocarbonyl (C=S) groups is 1. The molecule has 0 aliphatic heterocycles. The smallest absolute Gasteiger partial charge is 0.226 e. The van der Waals surface area contributed by atoms with E-state index in [0.717, 1.165) is 23.2 Å². The van der Waals surface area contributed by atoms with Crippen molar-refractivity contribution in [3.05, 3.63) is 87.4 Å². The topological polar surface area (TPSA) is 86.0 Å². The third kappa shape index (κ3) is 9.24. The molecule has 0 saturated carbocycles. The van der Waals surface area contributed by atoms with Crippen molar-refractivity contribution in [2.75, 3.05) is 13.1 Å². The number of rotatable bonds is 12. The van der Waals surface area contributed by atoms with Gasteiger partial charge in [-0.2, -0.15) is 5.26 Å². The van der Waals surface area contributed by atoms with E-state index in [4.69, 9.17) is 40.7 Å². The first-order valence-electron chi connectivity index (χ1n) is 12.9. The summed E-state index contributed by atoms with van der Waals surface area (Å²) in [6, 6.07) is 14.9. The Bertz CT molecular complexity index is 1300. The lowest BCUT2D eigenvalue weighted by Gasteiger charge is -2.31. The largest absolute Gasteiger partial charge is 0.363 e. The molecule has 3 rings (SSSR count). The second-order valence-corrected chi connectivity index (χ2v) is 11.0. The van der Waals surface area contributed by atoms with Crippen LogP contribution in [0.2, 0.25) is 10.0 Å². The quantitative estimate of drug-likeness (QED) is 0.270. The summed E-state index contributed by atoms with van der Waals surface area (Å²) in [6.45, 7) is 8.48. The maximum atomic E-state index is 13.2. The third-order valence-corrected chi connectivity index (χ3v) is 7.41. The molecule has 1 aromatic heterocycles. The highest BCUT2D eigenvalue weighted by Crippen LogP contribution is 2.27. The fourth-order valence-electron chi connectivity index (χ4n) is 4.33. The average Bonchev–Trinajstić information content (AvgIpc) is 3.32. The number of nitrogens with one attached hydrogen (secondary N) is 2. The van der Waals surface area contributed by atoms with Gasteiger partial charge in [0.25, 0.3) is 0 Å². The van der Waals surface area contributed by atoms with Crippen molar-refractivity contribution in [2.45, 2.75) is 52.7 Å². The van der Waals surface area contributed by atoms with Crippen LogP contribution in [0.5, 0.6) is 0 Å². The van der Waals surface area contributed by atoms with E-state index in [2.05, 4.69) is 35.5 Å².